The molecule has 0 aliphatic carbocycles. The number of hydrogen-bond acceptors (Lipinski definition) is 3. The highest BCUT2D eigenvalue weighted by atomic mass is 35.5. The minimum atomic E-state index is -3.70. The van der Waals surface area contributed by atoms with Crippen LogP contribution in [0.25, 0.3) is 0 Å². The average Bonchev–Trinajstić information content (AvgIpc) is 2.59. The minimum absolute atomic E-state index is 0.178. The summed E-state index contributed by atoms with van der Waals surface area (Å²) in [6, 6.07) is 21.9. The van der Waals surface area contributed by atoms with E-state index in [4.69, 9.17) is 16.3 Å². The summed E-state index contributed by atoms with van der Waals surface area (Å²) in [6.07, 6.45) is 0. The second-order valence-corrected chi connectivity index (χ2v) is 7.04. The van der Waals surface area contributed by atoms with Gasteiger partial charge >= 0.3 is 0 Å². The van der Waals surface area contributed by atoms with Gasteiger partial charge in [0.2, 0.25) is 0 Å². The molecule has 0 saturated carbocycles. The number of anilines is 1. The average molecular weight is 360 g/mol. The van der Waals surface area contributed by atoms with Gasteiger partial charge in [-0.05, 0) is 36.4 Å². The third-order valence-corrected chi connectivity index (χ3v) is 4.94. The Morgan fingerprint density at radius 2 is 1.33 bits per heavy atom. The Morgan fingerprint density at radius 3 is 2.04 bits per heavy atom. The summed E-state index contributed by atoms with van der Waals surface area (Å²) in [6.45, 7) is 0. The van der Waals surface area contributed by atoms with Crippen molar-refractivity contribution in [2.24, 2.45) is 0 Å². The van der Waals surface area contributed by atoms with Crippen molar-refractivity contribution in [1.29, 1.82) is 0 Å². The third kappa shape index (κ3) is 3.69. The monoisotopic (exact) mass is 359 g/mol. The predicted octanol–water partition coefficient (Wildman–Crippen LogP) is 4.93. The Morgan fingerprint density at radius 1 is 0.750 bits per heavy atom. The quantitative estimate of drug-likeness (QED) is 0.702. The predicted molar refractivity (Wildman–Crippen MR) is 95.2 cm³/mol. The van der Waals surface area contributed by atoms with Crippen molar-refractivity contribution in [3.63, 3.8) is 0 Å². The zero-order chi connectivity index (χ0) is 17.0. The molecule has 3 rings (SSSR count). The van der Waals surface area contributed by atoms with Gasteiger partial charge < -0.3 is 4.74 Å². The van der Waals surface area contributed by atoms with Crippen LogP contribution in [0.3, 0.4) is 0 Å². The van der Waals surface area contributed by atoms with E-state index in [-0.39, 0.29) is 4.90 Å². The van der Waals surface area contributed by atoms with Gasteiger partial charge in [0.1, 0.15) is 5.75 Å². The second-order valence-electron chi connectivity index (χ2n) is 4.95. The van der Waals surface area contributed by atoms with Gasteiger partial charge in [0.15, 0.2) is 5.75 Å². The molecule has 1 N–H and O–H groups in total. The van der Waals surface area contributed by atoms with Crippen molar-refractivity contribution >= 4 is 27.3 Å². The van der Waals surface area contributed by atoms with E-state index in [9.17, 15) is 8.42 Å². The van der Waals surface area contributed by atoms with E-state index in [1.165, 1.54) is 12.1 Å². The highest BCUT2D eigenvalue weighted by Gasteiger charge is 2.16. The van der Waals surface area contributed by atoms with Gasteiger partial charge in [0, 0.05) is 0 Å². The van der Waals surface area contributed by atoms with Gasteiger partial charge in [-0.1, -0.05) is 54.1 Å². The van der Waals surface area contributed by atoms with E-state index in [1.54, 1.807) is 66.7 Å². The van der Waals surface area contributed by atoms with Crippen LogP contribution < -0.4 is 9.46 Å². The first-order valence-corrected chi connectivity index (χ1v) is 9.02. The van der Waals surface area contributed by atoms with Gasteiger partial charge in [-0.25, -0.2) is 8.42 Å². The molecular weight excluding hydrogens is 346 g/mol. The highest BCUT2D eigenvalue weighted by molar-refractivity contribution is 7.92. The number of para-hydroxylation sites is 3. The van der Waals surface area contributed by atoms with Gasteiger partial charge in [-0.3, -0.25) is 4.72 Å². The van der Waals surface area contributed by atoms with Crippen molar-refractivity contribution in [2.75, 3.05) is 4.72 Å². The normalized spacial score (nSPS) is 11.0. The van der Waals surface area contributed by atoms with Crippen molar-refractivity contribution in [1.82, 2.24) is 0 Å². The fraction of sp³-hybridized carbons (Fsp3) is 0. The van der Waals surface area contributed by atoms with E-state index < -0.39 is 10.0 Å². The molecule has 6 heteroatoms. The molecule has 0 radical (unpaired) electrons. The van der Waals surface area contributed by atoms with Crippen LogP contribution in [-0.2, 0) is 10.0 Å². The Labute approximate surface area is 145 Å². The molecule has 122 valence electrons. The lowest BCUT2D eigenvalue weighted by atomic mass is 10.3. The smallest absolute Gasteiger partial charge is 0.262 e. The van der Waals surface area contributed by atoms with E-state index in [2.05, 4.69) is 4.72 Å². The van der Waals surface area contributed by atoms with Gasteiger partial charge in [-0.15, -0.1) is 0 Å². The van der Waals surface area contributed by atoms with Crippen LogP contribution >= 0.6 is 11.6 Å². The zero-order valence-corrected chi connectivity index (χ0v) is 14.1. The highest BCUT2D eigenvalue weighted by Crippen LogP contribution is 2.34. The molecule has 0 saturated heterocycles. The topological polar surface area (TPSA) is 55.4 Å². The molecule has 0 fully saturated rings. The van der Waals surface area contributed by atoms with Crippen molar-refractivity contribution in [2.45, 2.75) is 4.90 Å². The van der Waals surface area contributed by atoms with Crippen LogP contribution in [0.5, 0.6) is 11.5 Å². The summed E-state index contributed by atoms with van der Waals surface area (Å²) < 4.78 is 33.3. The van der Waals surface area contributed by atoms with E-state index in [0.29, 0.717) is 22.2 Å². The number of rotatable bonds is 5. The van der Waals surface area contributed by atoms with E-state index in [0.717, 1.165) is 0 Å². The molecule has 0 aliphatic rings. The number of halogens is 1. The van der Waals surface area contributed by atoms with Crippen molar-refractivity contribution < 1.29 is 13.2 Å². The SMILES string of the molecule is O=S(=O)(Nc1ccccc1Oc1ccccc1Cl)c1ccccc1. The van der Waals surface area contributed by atoms with Gasteiger partial charge in [0.25, 0.3) is 10.0 Å². The fourth-order valence-corrected chi connectivity index (χ4v) is 3.36. The molecule has 0 heterocycles. The minimum Gasteiger partial charge on any atom is -0.454 e. The molecule has 3 aromatic carbocycles. The molecular formula is C18H14ClNO3S. The zero-order valence-electron chi connectivity index (χ0n) is 12.5. The number of ether oxygens (including phenoxy) is 1. The van der Waals surface area contributed by atoms with E-state index >= 15 is 0 Å². The summed E-state index contributed by atoms with van der Waals surface area (Å²) in [4.78, 5) is 0.178. The van der Waals surface area contributed by atoms with Crippen molar-refractivity contribution in [3.05, 3.63) is 83.9 Å². The summed E-state index contributed by atoms with van der Waals surface area (Å²) in [5, 5.41) is 0.443. The molecule has 3 aromatic rings. The van der Waals surface area contributed by atoms with Crippen LogP contribution in [0.1, 0.15) is 0 Å². The van der Waals surface area contributed by atoms with Gasteiger partial charge in [0.05, 0.1) is 15.6 Å². The standard InChI is InChI=1S/C18H14ClNO3S/c19-15-10-4-6-12-17(15)23-18-13-7-5-11-16(18)20-24(21,22)14-8-2-1-3-9-14/h1-13,20H. The molecule has 0 spiro atoms. The lowest BCUT2D eigenvalue weighted by Gasteiger charge is -2.14. The summed E-state index contributed by atoms with van der Waals surface area (Å²) in [7, 11) is -3.70. The molecule has 0 bridgehead atoms. The molecule has 0 aliphatic heterocycles. The summed E-state index contributed by atoms with van der Waals surface area (Å²) in [5.74, 6) is 0.815. The van der Waals surface area contributed by atoms with Crippen LogP contribution in [0, 0.1) is 0 Å². The van der Waals surface area contributed by atoms with Crippen LogP contribution in [0.15, 0.2) is 83.8 Å². The number of hydrogen-bond donors (Lipinski definition) is 1. The second kappa shape index (κ2) is 6.95. The van der Waals surface area contributed by atoms with Crippen molar-refractivity contribution in [3.8, 4) is 11.5 Å². The maximum absolute atomic E-state index is 12.5. The van der Waals surface area contributed by atoms with Gasteiger partial charge in [-0.2, -0.15) is 0 Å². The molecule has 0 aromatic heterocycles. The van der Waals surface area contributed by atoms with Crippen LogP contribution in [0.2, 0.25) is 5.02 Å². The van der Waals surface area contributed by atoms with E-state index in [1.807, 2.05) is 0 Å². The first-order valence-electron chi connectivity index (χ1n) is 7.15. The van der Waals surface area contributed by atoms with Crippen LogP contribution in [0.4, 0.5) is 5.69 Å². The lowest BCUT2D eigenvalue weighted by molar-refractivity contribution is 0.485. The Hall–Kier alpha value is -2.50. The molecule has 0 unspecified atom stereocenters. The lowest BCUT2D eigenvalue weighted by Crippen LogP contribution is -2.13. The molecule has 0 amide bonds. The number of sulfonamides is 1. The molecule has 24 heavy (non-hydrogen) atoms. The van der Waals surface area contributed by atoms with Crippen LogP contribution in [-0.4, -0.2) is 8.42 Å². The summed E-state index contributed by atoms with van der Waals surface area (Å²) in [5.41, 5.74) is 0.335. The summed E-state index contributed by atoms with van der Waals surface area (Å²) >= 11 is 6.09. The molecule has 0 atom stereocenters. The third-order valence-electron chi connectivity index (χ3n) is 3.24. The maximum atomic E-state index is 12.5. The molecule has 4 nitrogen and oxygen atoms in total. The first-order chi connectivity index (χ1) is 11.6. The number of benzene rings is 3. The first kappa shape index (κ1) is 16.4. The fourth-order valence-electron chi connectivity index (χ4n) is 2.09. The Bertz CT molecular complexity index is 943. The number of nitrogens with one attached hydrogen (secondary N) is 1. The Balaban J connectivity index is 1.92. The largest absolute Gasteiger partial charge is 0.454 e. The Kier molecular flexibility index (Phi) is 4.74. The maximum Gasteiger partial charge on any atom is 0.262 e.